The van der Waals surface area contributed by atoms with E-state index in [4.69, 9.17) is 0 Å². The Kier molecular flexibility index (Phi) is 3.43. The Morgan fingerprint density at radius 2 is 2.00 bits per heavy atom. The number of carbonyl (C=O) groups excluding carboxylic acids is 1. The van der Waals surface area contributed by atoms with E-state index in [9.17, 15) is 4.79 Å². The summed E-state index contributed by atoms with van der Waals surface area (Å²) in [4.78, 5) is 11.3. The number of hydrogen-bond donors (Lipinski definition) is 0. The first-order valence-electron chi connectivity index (χ1n) is 5.34. The van der Waals surface area contributed by atoms with Crippen molar-refractivity contribution in [3.63, 3.8) is 0 Å². The van der Waals surface area contributed by atoms with Crippen LogP contribution >= 0.6 is 15.9 Å². The van der Waals surface area contributed by atoms with Crippen molar-refractivity contribution >= 4 is 21.7 Å². The average molecular weight is 293 g/mol. The van der Waals surface area contributed by atoms with Crippen molar-refractivity contribution in [2.75, 3.05) is 0 Å². The molecule has 0 aliphatic carbocycles. The summed E-state index contributed by atoms with van der Waals surface area (Å²) in [5, 5.41) is 4.33. The molecule has 0 bridgehead atoms. The third-order valence-electron chi connectivity index (χ3n) is 2.59. The lowest BCUT2D eigenvalue weighted by Crippen LogP contribution is -2.02. The summed E-state index contributed by atoms with van der Waals surface area (Å²) in [7, 11) is 1.79. The number of carbonyl (C=O) groups is 1. The molecule has 17 heavy (non-hydrogen) atoms. The van der Waals surface area contributed by atoms with Crippen molar-refractivity contribution in [2.45, 2.75) is 13.3 Å². The lowest BCUT2D eigenvalue weighted by Gasteiger charge is -1.97. The predicted octanol–water partition coefficient (Wildman–Crippen LogP) is 2.98. The Hall–Kier alpha value is -1.42. The first-order chi connectivity index (χ1) is 8.06. The number of hydrogen-bond acceptors (Lipinski definition) is 2. The third kappa shape index (κ3) is 2.82. The molecule has 0 unspecified atom stereocenters. The Morgan fingerprint density at radius 1 is 1.35 bits per heavy atom. The first kappa shape index (κ1) is 12.0. The molecule has 0 atom stereocenters. The molecule has 2 aromatic rings. The molecule has 0 N–H and O–H groups in total. The van der Waals surface area contributed by atoms with Crippen LogP contribution in [0.5, 0.6) is 0 Å². The highest BCUT2D eigenvalue weighted by molar-refractivity contribution is 9.10. The zero-order chi connectivity index (χ0) is 12.4. The summed E-state index contributed by atoms with van der Waals surface area (Å²) < 4.78 is 2.70. The van der Waals surface area contributed by atoms with E-state index >= 15 is 0 Å². The molecule has 2 rings (SSSR count). The van der Waals surface area contributed by atoms with E-state index in [1.165, 1.54) is 5.56 Å². The van der Waals surface area contributed by atoms with E-state index in [1.54, 1.807) is 18.7 Å². The Bertz CT molecular complexity index is 543. The maximum Gasteiger partial charge on any atom is 0.177 e. The fraction of sp³-hybridized carbons (Fsp3) is 0.231. The lowest BCUT2D eigenvalue weighted by atomic mass is 10.1. The summed E-state index contributed by atoms with van der Waals surface area (Å²) in [5.74, 6) is 0.0436. The number of aryl methyl sites for hydroxylation is 1. The van der Waals surface area contributed by atoms with E-state index in [0.717, 1.165) is 16.6 Å². The Morgan fingerprint density at radius 3 is 2.53 bits per heavy atom. The van der Waals surface area contributed by atoms with Gasteiger partial charge in [0.25, 0.3) is 0 Å². The molecule has 0 saturated heterocycles. The van der Waals surface area contributed by atoms with Crippen LogP contribution < -0.4 is 0 Å². The molecule has 0 saturated carbocycles. The average Bonchev–Trinajstić information content (AvgIpc) is 2.63. The van der Waals surface area contributed by atoms with Gasteiger partial charge in [0, 0.05) is 24.9 Å². The van der Waals surface area contributed by atoms with Gasteiger partial charge in [-0.1, -0.05) is 28.1 Å². The van der Waals surface area contributed by atoms with Gasteiger partial charge in [-0.05, 0) is 23.8 Å². The highest BCUT2D eigenvalue weighted by Gasteiger charge is 2.09. The zero-order valence-corrected chi connectivity index (χ0v) is 11.4. The second kappa shape index (κ2) is 4.84. The number of nitrogens with zero attached hydrogens (tertiary/aromatic N) is 2. The number of ketones is 1. The molecule has 0 aliphatic heterocycles. The number of halogens is 1. The van der Waals surface area contributed by atoms with Gasteiger partial charge in [-0.15, -0.1) is 0 Å². The molecule has 3 nitrogen and oxygen atoms in total. The van der Waals surface area contributed by atoms with Gasteiger partial charge in [0.05, 0.1) is 5.69 Å². The van der Waals surface area contributed by atoms with Crippen LogP contribution in [0.3, 0.4) is 0 Å². The smallest absolute Gasteiger partial charge is 0.177 e. The molecule has 1 aromatic heterocycles. The normalized spacial score (nSPS) is 10.5. The van der Waals surface area contributed by atoms with Crippen LogP contribution in [0.2, 0.25) is 0 Å². The van der Waals surface area contributed by atoms with Gasteiger partial charge in [-0.2, -0.15) is 5.10 Å². The van der Waals surface area contributed by atoms with E-state index in [1.807, 2.05) is 30.3 Å². The van der Waals surface area contributed by atoms with E-state index in [2.05, 4.69) is 21.0 Å². The molecule has 0 fully saturated rings. The van der Waals surface area contributed by atoms with Crippen molar-refractivity contribution in [1.29, 1.82) is 0 Å². The molecule has 4 heteroatoms. The lowest BCUT2D eigenvalue weighted by molar-refractivity contribution is 0.100. The van der Waals surface area contributed by atoms with Crippen LogP contribution in [0.1, 0.15) is 28.7 Å². The van der Waals surface area contributed by atoms with Gasteiger partial charge in [-0.25, -0.2) is 0 Å². The molecule has 0 amide bonds. The molecule has 0 aliphatic rings. The van der Waals surface area contributed by atoms with Crippen molar-refractivity contribution in [2.24, 2.45) is 7.05 Å². The van der Waals surface area contributed by atoms with Crippen LogP contribution in [0, 0.1) is 0 Å². The third-order valence-corrected chi connectivity index (χ3v) is 3.12. The molecule has 1 heterocycles. The highest BCUT2D eigenvalue weighted by atomic mass is 79.9. The quantitative estimate of drug-likeness (QED) is 0.815. The monoisotopic (exact) mass is 292 g/mol. The van der Waals surface area contributed by atoms with Gasteiger partial charge >= 0.3 is 0 Å². The van der Waals surface area contributed by atoms with Gasteiger partial charge in [0.15, 0.2) is 5.78 Å². The summed E-state index contributed by atoms with van der Waals surface area (Å²) in [5.41, 5.74) is 2.75. The van der Waals surface area contributed by atoms with Crippen molar-refractivity contribution < 1.29 is 4.79 Å². The van der Waals surface area contributed by atoms with E-state index < -0.39 is 0 Å². The van der Waals surface area contributed by atoms with Crippen LogP contribution in [-0.4, -0.2) is 15.6 Å². The summed E-state index contributed by atoms with van der Waals surface area (Å²) >= 11 is 3.40. The van der Waals surface area contributed by atoms with Crippen LogP contribution in [0.15, 0.2) is 34.8 Å². The summed E-state index contributed by atoms with van der Waals surface area (Å²) in [6.07, 6.45) is 0.744. The van der Waals surface area contributed by atoms with Crippen LogP contribution in [0.4, 0.5) is 0 Å². The number of rotatable bonds is 3. The van der Waals surface area contributed by atoms with Crippen LogP contribution in [0.25, 0.3) is 0 Å². The summed E-state index contributed by atoms with van der Waals surface area (Å²) in [6, 6.07) is 9.96. The minimum Gasteiger partial charge on any atom is -0.293 e. The van der Waals surface area contributed by atoms with Gasteiger partial charge in [0.1, 0.15) is 5.69 Å². The summed E-state index contributed by atoms with van der Waals surface area (Å²) in [6.45, 7) is 1.56. The van der Waals surface area contributed by atoms with E-state index in [-0.39, 0.29) is 5.78 Å². The van der Waals surface area contributed by atoms with Gasteiger partial charge in [0.2, 0.25) is 0 Å². The highest BCUT2D eigenvalue weighted by Crippen LogP contribution is 2.14. The maximum absolute atomic E-state index is 11.3. The topological polar surface area (TPSA) is 34.9 Å². The largest absolute Gasteiger partial charge is 0.293 e. The van der Waals surface area contributed by atoms with E-state index in [0.29, 0.717) is 5.69 Å². The number of benzene rings is 1. The van der Waals surface area contributed by atoms with Crippen LogP contribution in [-0.2, 0) is 13.5 Å². The number of aromatic nitrogens is 2. The Balaban J connectivity index is 2.22. The minimum absolute atomic E-state index is 0.0436. The SMILES string of the molecule is CC(=O)c1cc(Cc2ccc(Br)cc2)nn1C. The van der Waals surface area contributed by atoms with Crippen molar-refractivity contribution in [3.8, 4) is 0 Å². The standard InChI is InChI=1S/C13H13BrN2O/c1-9(17)13-8-12(15-16(13)2)7-10-3-5-11(14)6-4-10/h3-6,8H,7H2,1-2H3. The molecule has 0 spiro atoms. The molecule has 88 valence electrons. The van der Waals surface area contributed by atoms with Crippen molar-refractivity contribution in [3.05, 3.63) is 51.8 Å². The maximum atomic E-state index is 11.3. The van der Waals surface area contributed by atoms with Crippen molar-refractivity contribution in [1.82, 2.24) is 9.78 Å². The molecule has 0 radical (unpaired) electrons. The second-order valence-corrected chi connectivity index (χ2v) is 4.92. The minimum atomic E-state index is 0.0436. The molecular weight excluding hydrogens is 280 g/mol. The fourth-order valence-electron chi connectivity index (χ4n) is 1.75. The predicted molar refractivity (Wildman–Crippen MR) is 70.2 cm³/mol. The molecular formula is C13H13BrN2O. The number of Topliss-reactive ketones (excluding diaryl/α,β-unsaturated/α-hetero) is 1. The fourth-order valence-corrected chi connectivity index (χ4v) is 2.02. The second-order valence-electron chi connectivity index (χ2n) is 4.00. The first-order valence-corrected chi connectivity index (χ1v) is 6.14. The molecule has 1 aromatic carbocycles. The zero-order valence-electron chi connectivity index (χ0n) is 9.77. The Labute approximate surface area is 109 Å². The van der Waals surface area contributed by atoms with Gasteiger partial charge < -0.3 is 0 Å². The van der Waals surface area contributed by atoms with Gasteiger partial charge in [-0.3, -0.25) is 9.48 Å².